The van der Waals surface area contributed by atoms with Crippen LogP contribution < -0.4 is 4.90 Å². The number of benzene rings is 3. The highest BCUT2D eigenvalue weighted by Gasteiger charge is 2.47. The Morgan fingerprint density at radius 2 is 1.68 bits per heavy atom. The van der Waals surface area contributed by atoms with Gasteiger partial charge in [0.25, 0.3) is 11.7 Å². The number of aromatic nitrogens is 1. The molecular formula is C28H23ClN2O3. The number of para-hydroxylation sites is 1. The summed E-state index contributed by atoms with van der Waals surface area (Å²) in [6.07, 6.45) is 1.79. The molecule has 0 bridgehead atoms. The summed E-state index contributed by atoms with van der Waals surface area (Å²) < 4.78 is 0. The van der Waals surface area contributed by atoms with Gasteiger partial charge in [0.2, 0.25) is 0 Å². The van der Waals surface area contributed by atoms with Gasteiger partial charge in [-0.15, -0.1) is 0 Å². The molecule has 2 N–H and O–H groups in total. The highest BCUT2D eigenvalue weighted by molar-refractivity contribution is 6.52. The van der Waals surface area contributed by atoms with Gasteiger partial charge in [0, 0.05) is 38.9 Å². The number of carbonyl (C=O) groups excluding carboxylic acids is 2. The number of amides is 1. The van der Waals surface area contributed by atoms with Crippen LogP contribution >= 0.6 is 11.6 Å². The molecule has 3 aromatic carbocycles. The van der Waals surface area contributed by atoms with Gasteiger partial charge in [-0.3, -0.25) is 14.5 Å². The van der Waals surface area contributed by atoms with Gasteiger partial charge in [-0.25, -0.2) is 0 Å². The maximum absolute atomic E-state index is 13.4. The van der Waals surface area contributed by atoms with E-state index in [4.69, 9.17) is 11.6 Å². The topological polar surface area (TPSA) is 73.4 Å². The van der Waals surface area contributed by atoms with E-state index in [1.165, 1.54) is 4.90 Å². The minimum absolute atomic E-state index is 0.0507. The predicted molar refractivity (Wildman–Crippen MR) is 135 cm³/mol. The lowest BCUT2D eigenvalue weighted by Gasteiger charge is -2.25. The second kappa shape index (κ2) is 8.19. The van der Waals surface area contributed by atoms with Gasteiger partial charge in [0.05, 0.1) is 11.6 Å². The quantitative estimate of drug-likeness (QED) is 0.207. The third-order valence-corrected chi connectivity index (χ3v) is 6.98. The van der Waals surface area contributed by atoms with Crippen molar-refractivity contribution in [2.75, 3.05) is 4.90 Å². The van der Waals surface area contributed by atoms with E-state index in [2.05, 4.69) is 4.98 Å². The molecule has 1 aliphatic rings. The zero-order valence-electron chi connectivity index (χ0n) is 19.0. The molecule has 0 saturated carbocycles. The molecule has 1 aromatic heterocycles. The number of carbonyl (C=O) groups is 2. The van der Waals surface area contributed by atoms with Gasteiger partial charge in [-0.05, 0) is 61.7 Å². The molecule has 6 heteroatoms. The van der Waals surface area contributed by atoms with Crippen molar-refractivity contribution in [3.8, 4) is 0 Å². The van der Waals surface area contributed by atoms with Crippen molar-refractivity contribution in [1.29, 1.82) is 0 Å². The smallest absolute Gasteiger partial charge is 0.300 e. The first-order valence-electron chi connectivity index (χ1n) is 11.0. The predicted octanol–water partition coefficient (Wildman–Crippen LogP) is 6.37. The van der Waals surface area contributed by atoms with Crippen molar-refractivity contribution < 1.29 is 14.7 Å². The molecule has 1 atom stereocenters. The van der Waals surface area contributed by atoms with Gasteiger partial charge < -0.3 is 10.1 Å². The van der Waals surface area contributed by atoms with Crippen LogP contribution in [-0.2, 0) is 9.59 Å². The number of aromatic amines is 1. The second-order valence-electron chi connectivity index (χ2n) is 8.69. The van der Waals surface area contributed by atoms with Crippen LogP contribution in [-0.4, -0.2) is 21.8 Å². The minimum atomic E-state index is -0.823. The average Bonchev–Trinajstić information content (AvgIpc) is 3.36. The molecule has 1 unspecified atom stereocenters. The number of hydrogen-bond acceptors (Lipinski definition) is 3. The minimum Gasteiger partial charge on any atom is -0.507 e. The Morgan fingerprint density at radius 1 is 0.941 bits per heavy atom. The number of nitrogens with one attached hydrogen (secondary N) is 1. The summed E-state index contributed by atoms with van der Waals surface area (Å²) in [5.41, 5.74) is 5.54. The van der Waals surface area contributed by atoms with Crippen LogP contribution in [0.1, 0.15) is 33.9 Å². The van der Waals surface area contributed by atoms with Crippen molar-refractivity contribution >= 4 is 45.6 Å². The van der Waals surface area contributed by atoms with Crippen LogP contribution in [0, 0.1) is 20.8 Å². The molecule has 5 nitrogen and oxygen atoms in total. The molecule has 0 aliphatic carbocycles. The number of aliphatic hydroxyl groups is 1. The standard InChI is InChI=1S/C28H23ClN2O3/c1-15-8-10-18(12-17(15)3)26(32)24-25(21-14-30-23-7-5-4-6-20(21)23)31(28(34)27(24)33)19-11-9-16(2)22(29)13-19/h4-14,25,30,32H,1-3H3/b26-24+. The molecular weight excluding hydrogens is 448 g/mol. The number of rotatable bonds is 3. The maximum Gasteiger partial charge on any atom is 0.300 e. The first-order valence-corrected chi connectivity index (χ1v) is 11.4. The molecule has 0 radical (unpaired) electrons. The summed E-state index contributed by atoms with van der Waals surface area (Å²) in [5, 5.41) is 12.7. The van der Waals surface area contributed by atoms with Gasteiger partial charge >= 0.3 is 0 Å². The molecule has 34 heavy (non-hydrogen) atoms. The van der Waals surface area contributed by atoms with Crippen molar-refractivity contribution in [2.45, 2.75) is 26.8 Å². The second-order valence-corrected chi connectivity index (χ2v) is 9.10. The Morgan fingerprint density at radius 3 is 2.41 bits per heavy atom. The van der Waals surface area contributed by atoms with Crippen molar-refractivity contribution in [3.63, 3.8) is 0 Å². The molecule has 0 spiro atoms. The molecule has 5 rings (SSSR count). The van der Waals surface area contributed by atoms with Crippen LogP contribution in [0.15, 0.2) is 72.4 Å². The van der Waals surface area contributed by atoms with E-state index in [1.54, 1.807) is 24.4 Å². The number of ketones is 1. The van der Waals surface area contributed by atoms with E-state index in [0.29, 0.717) is 16.3 Å². The zero-order valence-corrected chi connectivity index (χ0v) is 19.8. The van der Waals surface area contributed by atoms with E-state index in [-0.39, 0.29) is 11.3 Å². The lowest BCUT2D eigenvalue weighted by Crippen LogP contribution is -2.29. The Labute approximate surface area is 202 Å². The Balaban J connectivity index is 1.79. The lowest BCUT2D eigenvalue weighted by atomic mass is 9.94. The summed E-state index contributed by atoms with van der Waals surface area (Å²) in [4.78, 5) is 31.4. The summed E-state index contributed by atoms with van der Waals surface area (Å²) in [6.45, 7) is 5.79. The van der Waals surface area contributed by atoms with Crippen molar-refractivity contribution in [1.82, 2.24) is 4.98 Å². The van der Waals surface area contributed by atoms with Crippen LogP contribution in [0.25, 0.3) is 16.7 Å². The summed E-state index contributed by atoms with van der Waals surface area (Å²) in [7, 11) is 0. The number of aliphatic hydroxyl groups excluding tert-OH is 1. The monoisotopic (exact) mass is 470 g/mol. The van der Waals surface area contributed by atoms with Crippen LogP contribution in [0.4, 0.5) is 5.69 Å². The SMILES string of the molecule is Cc1ccc(/C(O)=C2\C(=O)C(=O)N(c3ccc(C)c(Cl)c3)C2c2c[nH]c3ccccc23)cc1C. The first-order chi connectivity index (χ1) is 16.3. The third kappa shape index (κ3) is 3.40. The van der Waals surface area contributed by atoms with Crippen LogP contribution in [0.2, 0.25) is 5.02 Å². The Kier molecular flexibility index (Phi) is 5.29. The summed E-state index contributed by atoms with van der Waals surface area (Å²) >= 11 is 6.38. The Bertz CT molecular complexity index is 1520. The highest BCUT2D eigenvalue weighted by atomic mass is 35.5. The number of hydrogen-bond donors (Lipinski definition) is 2. The van der Waals surface area contributed by atoms with Crippen LogP contribution in [0.3, 0.4) is 0 Å². The fourth-order valence-corrected chi connectivity index (χ4v) is 4.66. The van der Waals surface area contributed by atoms with Gasteiger partial charge in [0.15, 0.2) is 0 Å². The molecule has 4 aromatic rings. The van der Waals surface area contributed by atoms with E-state index in [0.717, 1.165) is 33.2 Å². The van der Waals surface area contributed by atoms with E-state index >= 15 is 0 Å². The third-order valence-electron chi connectivity index (χ3n) is 6.57. The largest absolute Gasteiger partial charge is 0.507 e. The molecule has 1 amide bonds. The molecule has 1 aliphatic heterocycles. The summed E-state index contributed by atoms with van der Waals surface area (Å²) in [5.74, 6) is -1.64. The average molecular weight is 471 g/mol. The van der Waals surface area contributed by atoms with Gasteiger partial charge in [-0.1, -0.05) is 48.0 Å². The zero-order chi connectivity index (χ0) is 24.1. The fraction of sp³-hybridized carbons (Fsp3) is 0.143. The van der Waals surface area contributed by atoms with Crippen molar-refractivity contribution in [3.05, 3.63) is 105 Å². The normalized spacial score (nSPS) is 17.6. The molecule has 2 heterocycles. The number of anilines is 1. The van der Waals surface area contributed by atoms with Crippen molar-refractivity contribution in [2.24, 2.45) is 0 Å². The number of nitrogens with zero attached hydrogens (tertiary/aromatic N) is 1. The van der Waals surface area contributed by atoms with Gasteiger partial charge in [0.1, 0.15) is 5.76 Å². The van der Waals surface area contributed by atoms with E-state index in [1.807, 2.05) is 63.2 Å². The number of H-pyrrole nitrogens is 1. The summed E-state index contributed by atoms with van der Waals surface area (Å²) in [6, 6.07) is 17.6. The van der Waals surface area contributed by atoms with E-state index in [9.17, 15) is 14.7 Å². The highest BCUT2D eigenvalue weighted by Crippen LogP contribution is 2.44. The maximum atomic E-state index is 13.4. The Hall–Kier alpha value is -3.83. The fourth-order valence-electron chi connectivity index (χ4n) is 4.49. The molecule has 170 valence electrons. The first kappa shape index (κ1) is 22.0. The number of halogens is 1. The number of fused-ring (bicyclic) bond motifs is 1. The van der Waals surface area contributed by atoms with E-state index < -0.39 is 17.7 Å². The molecule has 1 fully saturated rings. The number of Topliss-reactive ketones (excluding diaryl/α,β-unsaturated/α-hetero) is 1. The van der Waals surface area contributed by atoms with Crippen LogP contribution in [0.5, 0.6) is 0 Å². The molecule has 1 saturated heterocycles. The number of aryl methyl sites for hydroxylation is 3. The van der Waals surface area contributed by atoms with Gasteiger partial charge in [-0.2, -0.15) is 0 Å². The lowest BCUT2D eigenvalue weighted by molar-refractivity contribution is -0.132.